The highest BCUT2D eigenvalue weighted by atomic mass is 32.1. The topological polar surface area (TPSA) is 12.0 Å². The second kappa shape index (κ2) is 6.55. The molecule has 0 aliphatic heterocycles. The van der Waals surface area contributed by atoms with Crippen LogP contribution in [0.25, 0.3) is 0 Å². The van der Waals surface area contributed by atoms with Crippen molar-refractivity contribution in [1.29, 1.82) is 0 Å². The molecular formula is C15H25NS. The number of hydrogen-bond donors (Lipinski definition) is 1. The Bertz CT molecular complexity index is 325. The Labute approximate surface area is 110 Å². The highest BCUT2D eigenvalue weighted by molar-refractivity contribution is 7.10. The Balaban J connectivity index is 1.96. The van der Waals surface area contributed by atoms with E-state index in [1.807, 2.05) is 11.3 Å². The van der Waals surface area contributed by atoms with Crippen LogP contribution in [0.1, 0.15) is 61.9 Å². The number of thiophene rings is 1. The molecule has 2 rings (SSSR count). The maximum Gasteiger partial charge on any atom is 0.0331 e. The lowest BCUT2D eigenvalue weighted by molar-refractivity contribution is 0.302. The predicted molar refractivity (Wildman–Crippen MR) is 76.7 cm³/mol. The SMILES string of the molecule is CCNC(CC1CCCCC1)c1csc(C)c1. The molecule has 17 heavy (non-hydrogen) atoms. The predicted octanol–water partition coefficient (Wildman–Crippen LogP) is 4.68. The Kier molecular flexibility index (Phi) is 5.05. The van der Waals surface area contributed by atoms with E-state index in [1.54, 1.807) is 0 Å². The van der Waals surface area contributed by atoms with Crippen LogP contribution in [-0.2, 0) is 0 Å². The molecule has 0 spiro atoms. The van der Waals surface area contributed by atoms with E-state index in [4.69, 9.17) is 0 Å². The number of aryl methyl sites for hydroxylation is 1. The van der Waals surface area contributed by atoms with Crippen LogP contribution in [0.4, 0.5) is 0 Å². The molecule has 0 radical (unpaired) electrons. The van der Waals surface area contributed by atoms with Gasteiger partial charge >= 0.3 is 0 Å². The molecule has 1 atom stereocenters. The minimum atomic E-state index is 0.591. The third kappa shape index (κ3) is 3.82. The lowest BCUT2D eigenvalue weighted by Crippen LogP contribution is -2.24. The summed E-state index contributed by atoms with van der Waals surface area (Å²) in [5.41, 5.74) is 1.51. The van der Waals surface area contributed by atoms with Crippen molar-refractivity contribution < 1.29 is 0 Å². The summed E-state index contributed by atoms with van der Waals surface area (Å²) in [5.74, 6) is 0.952. The van der Waals surface area contributed by atoms with Crippen LogP contribution in [-0.4, -0.2) is 6.54 Å². The Morgan fingerprint density at radius 3 is 2.71 bits per heavy atom. The van der Waals surface area contributed by atoms with Gasteiger partial charge in [0.1, 0.15) is 0 Å². The molecule has 1 N–H and O–H groups in total. The van der Waals surface area contributed by atoms with Gasteiger partial charge in [-0.15, -0.1) is 11.3 Å². The molecule has 0 bridgehead atoms. The van der Waals surface area contributed by atoms with Gasteiger partial charge in [-0.3, -0.25) is 0 Å². The smallest absolute Gasteiger partial charge is 0.0331 e. The highest BCUT2D eigenvalue weighted by Crippen LogP contribution is 2.33. The van der Waals surface area contributed by atoms with Gasteiger partial charge in [0.2, 0.25) is 0 Å². The molecule has 1 aliphatic carbocycles. The molecule has 2 heteroatoms. The normalized spacial score (nSPS) is 19.4. The molecule has 1 aliphatic rings. The maximum atomic E-state index is 3.67. The zero-order valence-electron chi connectivity index (χ0n) is 11.2. The molecule has 0 saturated heterocycles. The first-order valence-corrected chi connectivity index (χ1v) is 7.96. The Hall–Kier alpha value is -0.340. The molecule has 1 unspecified atom stereocenters. The fourth-order valence-electron chi connectivity index (χ4n) is 2.99. The largest absolute Gasteiger partial charge is 0.310 e. The molecule has 96 valence electrons. The van der Waals surface area contributed by atoms with E-state index in [1.165, 1.54) is 49.0 Å². The van der Waals surface area contributed by atoms with Crippen molar-refractivity contribution in [3.8, 4) is 0 Å². The first-order valence-electron chi connectivity index (χ1n) is 7.08. The molecule has 1 nitrogen and oxygen atoms in total. The van der Waals surface area contributed by atoms with Gasteiger partial charge in [0.15, 0.2) is 0 Å². The first kappa shape index (κ1) is 13.1. The van der Waals surface area contributed by atoms with Crippen molar-refractivity contribution in [3.05, 3.63) is 21.9 Å². The second-order valence-corrected chi connectivity index (χ2v) is 6.46. The second-order valence-electron chi connectivity index (χ2n) is 5.34. The van der Waals surface area contributed by atoms with Crippen LogP contribution in [0.5, 0.6) is 0 Å². The number of rotatable bonds is 5. The molecule has 1 aromatic heterocycles. The van der Waals surface area contributed by atoms with Crippen molar-refractivity contribution in [1.82, 2.24) is 5.32 Å². The van der Waals surface area contributed by atoms with Crippen LogP contribution in [0.15, 0.2) is 11.4 Å². The minimum Gasteiger partial charge on any atom is -0.310 e. The van der Waals surface area contributed by atoms with Crippen molar-refractivity contribution >= 4 is 11.3 Å². The van der Waals surface area contributed by atoms with Gasteiger partial charge in [-0.1, -0.05) is 39.0 Å². The lowest BCUT2D eigenvalue weighted by Gasteiger charge is -2.26. The molecule has 1 saturated carbocycles. The molecular weight excluding hydrogens is 226 g/mol. The zero-order chi connectivity index (χ0) is 12.1. The van der Waals surface area contributed by atoms with E-state index in [0.717, 1.165) is 12.5 Å². The highest BCUT2D eigenvalue weighted by Gasteiger charge is 2.20. The van der Waals surface area contributed by atoms with Crippen molar-refractivity contribution in [3.63, 3.8) is 0 Å². The van der Waals surface area contributed by atoms with Gasteiger partial charge < -0.3 is 5.32 Å². The van der Waals surface area contributed by atoms with Crippen molar-refractivity contribution in [2.75, 3.05) is 6.54 Å². The molecule has 0 amide bonds. The summed E-state index contributed by atoms with van der Waals surface area (Å²) in [6.45, 7) is 5.50. The molecule has 1 fully saturated rings. The van der Waals surface area contributed by atoms with Crippen LogP contribution < -0.4 is 5.32 Å². The van der Waals surface area contributed by atoms with Gasteiger partial charge in [-0.05, 0) is 42.8 Å². The first-order chi connectivity index (χ1) is 8.29. The summed E-state index contributed by atoms with van der Waals surface area (Å²) < 4.78 is 0. The van der Waals surface area contributed by atoms with Gasteiger partial charge in [0.25, 0.3) is 0 Å². The van der Waals surface area contributed by atoms with E-state index in [0.29, 0.717) is 6.04 Å². The molecule has 0 aromatic carbocycles. The summed E-state index contributed by atoms with van der Waals surface area (Å²) in [5, 5.41) is 6.00. The maximum absolute atomic E-state index is 3.67. The van der Waals surface area contributed by atoms with Gasteiger partial charge in [0.05, 0.1) is 0 Å². The van der Waals surface area contributed by atoms with Crippen LogP contribution in [0, 0.1) is 12.8 Å². The lowest BCUT2D eigenvalue weighted by atomic mass is 9.83. The van der Waals surface area contributed by atoms with Crippen molar-refractivity contribution in [2.24, 2.45) is 5.92 Å². The minimum absolute atomic E-state index is 0.591. The summed E-state index contributed by atoms with van der Waals surface area (Å²) in [6.07, 6.45) is 8.60. The monoisotopic (exact) mass is 251 g/mol. The molecule has 1 aromatic rings. The van der Waals surface area contributed by atoms with Gasteiger partial charge in [0, 0.05) is 10.9 Å². The quantitative estimate of drug-likeness (QED) is 0.801. The van der Waals surface area contributed by atoms with E-state index < -0.39 is 0 Å². The van der Waals surface area contributed by atoms with Crippen LogP contribution >= 0.6 is 11.3 Å². The van der Waals surface area contributed by atoms with E-state index in [9.17, 15) is 0 Å². The van der Waals surface area contributed by atoms with E-state index >= 15 is 0 Å². The average Bonchev–Trinajstić information content (AvgIpc) is 2.77. The summed E-state index contributed by atoms with van der Waals surface area (Å²) in [4.78, 5) is 1.44. The summed E-state index contributed by atoms with van der Waals surface area (Å²) in [6, 6.07) is 2.95. The van der Waals surface area contributed by atoms with Crippen LogP contribution in [0.2, 0.25) is 0 Å². The number of hydrogen-bond acceptors (Lipinski definition) is 2. The molecule has 1 heterocycles. The third-order valence-electron chi connectivity index (χ3n) is 3.90. The van der Waals surface area contributed by atoms with E-state index in [-0.39, 0.29) is 0 Å². The summed E-state index contributed by atoms with van der Waals surface area (Å²) >= 11 is 1.88. The number of nitrogens with one attached hydrogen (secondary N) is 1. The van der Waals surface area contributed by atoms with Gasteiger partial charge in [-0.2, -0.15) is 0 Å². The van der Waals surface area contributed by atoms with Crippen molar-refractivity contribution in [2.45, 2.75) is 58.4 Å². The van der Waals surface area contributed by atoms with Crippen LogP contribution in [0.3, 0.4) is 0 Å². The summed E-state index contributed by atoms with van der Waals surface area (Å²) in [7, 11) is 0. The third-order valence-corrected chi connectivity index (χ3v) is 4.78. The standard InChI is InChI=1S/C15H25NS/c1-3-16-15(14-9-12(2)17-11-14)10-13-7-5-4-6-8-13/h9,11,13,15-16H,3-8,10H2,1-2H3. The fourth-order valence-corrected chi connectivity index (χ4v) is 3.74. The average molecular weight is 251 g/mol. The fraction of sp³-hybridized carbons (Fsp3) is 0.733. The zero-order valence-corrected chi connectivity index (χ0v) is 12.0. The van der Waals surface area contributed by atoms with Gasteiger partial charge in [-0.25, -0.2) is 0 Å². The van der Waals surface area contributed by atoms with E-state index in [2.05, 4.69) is 30.6 Å². The Morgan fingerprint density at radius 1 is 1.35 bits per heavy atom. The Morgan fingerprint density at radius 2 is 2.12 bits per heavy atom.